The van der Waals surface area contributed by atoms with Crippen molar-refractivity contribution >= 4 is 23.4 Å². The molecule has 1 heterocycles. The van der Waals surface area contributed by atoms with Gasteiger partial charge in [0.25, 0.3) is 0 Å². The highest BCUT2D eigenvalue weighted by molar-refractivity contribution is 8.00. The van der Waals surface area contributed by atoms with E-state index in [9.17, 15) is 0 Å². The van der Waals surface area contributed by atoms with Crippen LogP contribution in [0.4, 0.5) is 0 Å². The molecule has 2 N–H and O–H groups in total. The Kier molecular flexibility index (Phi) is 4.74. The lowest BCUT2D eigenvalue weighted by molar-refractivity contribution is 0.127. The van der Waals surface area contributed by atoms with Gasteiger partial charge in [0.2, 0.25) is 0 Å². The summed E-state index contributed by atoms with van der Waals surface area (Å²) in [6.07, 6.45) is 2.27. The Hall–Kier alpha value is -0.220. The fourth-order valence-corrected chi connectivity index (χ4v) is 3.71. The predicted molar refractivity (Wildman–Crippen MR) is 73.9 cm³/mol. The lowest BCUT2D eigenvalue weighted by Crippen LogP contribution is -2.14. The van der Waals surface area contributed by atoms with E-state index in [0.29, 0.717) is 17.9 Å². The van der Waals surface area contributed by atoms with E-state index in [2.05, 4.69) is 13.0 Å². The second-order valence-corrected chi connectivity index (χ2v) is 5.96. The van der Waals surface area contributed by atoms with E-state index in [4.69, 9.17) is 22.1 Å². The molecule has 0 aliphatic carbocycles. The summed E-state index contributed by atoms with van der Waals surface area (Å²) in [4.78, 5) is 1.25. The van der Waals surface area contributed by atoms with Crippen molar-refractivity contribution in [2.45, 2.75) is 36.0 Å². The monoisotopic (exact) mass is 271 g/mol. The number of benzene rings is 1. The smallest absolute Gasteiger partial charge is 0.0669 e. The molecular formula is C13H18ClNOS. The number of rotatable bonds is 4. The molecule has 94 valence electrons. The van der Waals surface area contributed by atoms with Crippen LogP contribution in [0.1, 0.15) is 18.9 Å². The van der Waals surface area contributed by atoms with E-state index in [1.54, 1.807) is 0 Å². The maximum Gasteiger partial charge on any atom is 0.0669 e. The molecule has 1 fully saturated rings. The SMILES string of the molecule is CC1OCCC1Sc1cccc(Cl)c1CCN. The Labute approximate surface area is 112 Å². The van der Waals surface area contributed by atoms with Crippen LogP contribution in [0.15, 0.2) is 23.1 Å². The zero-order valence-electron chi connectivity index (χ0n) is 9.99. The van der Waals surface area contributed by atoms with Gasteiger partial charge in [-0.05, 0) is 44.0 Å². The molecular weight excluding hydrogens is 254 g/mol. The Morgan fingerprint density at radius 1 is 1.53 bits per heavy atom. The first kappa shape index (κ1) is 13.2. The van der Waals surface area contributed by atoms with Gasteiger partial charge in [0.15, 0.2) is 0 Å². The molecule has 1 aromatic carbocycles. The molecule has 0 amide bonds. The molecule has 2 unspecified atom stereocenters. The van der Waals surface area contributed by atoms with Crippen LogP contribution in [-0.4, -0.2) is 24.5 Å². The highest BCUT2D eigenvalue weighted by atomic mass is 35.5. The van der Waals surface area contributed by atoms with E-state index in [1.165, 1.54) is 10.5 Å². The molecule has 17 heavy (non-hydrogen) atoms. The van der Waals surface area contributed by atoms with Gasteiger partial charge in [-0.2, -0.15) is 0 Å². The summed E-state index contributed by atoms with van der Waals surface area (Å²) in [7, 11) is 0. The van der Waals surface area contributed by atoms with E-state index in [1.807, 2.05) is 23.9 Å². The normalized spacial score (nSPS) is 24.2. The van der Waals surface area contributed by atoms with Crippen molar-refractivity contribution in [1.82, 2.24) is 0 Å². The van der Waals surface area contributed by atoms with Crippen molar-refractivity contribution in [2.75, 3.05) is 13.2 Å². The minimum Gasteiger partial charge on any atom is -0.377 e. The number of hydrogen-bond acceptors (Lipinski definition) is 3. The quantitative estimate of drug-likeness (QED) is 0.914. The van der Waals surface area contributed by atoms with Gasteiger partial charge in [0.1, 0.15) is 0 Å². The fourth-order valence-electron chi connectivity index (χ4n) is 2.07. The highest BCUT2D eigenvalue weighted by Gasteiger charge is 2.26. The van der Waals surface area contributed by atoms with Crippen molar-refractivity contribution in [3.05, 3.63) is 28.8 Å². The van der Waals surface area contributed by atoms with Crippen LogP contribution in [0.3, 0.4) is 0 Å². The fraction of sp³-hybridized carbons (Fsp3) is 0.538. The third-order valence-electron chi connectivity index (χ3n) is 3.06. The van der Waals surface area contributed by atoms with E-state index in [-0.39, 0.29) is 0 Å². The lowest BCUT2D eigenvalue weighted by Gasteiger charge is -2.16. The van der Waals surface area contributed by atoms with E-state index >= 15 is 0 Å². The van der Waals surface area contributed by atoms with Crippen LogP contribution in [0.5, 0.6) is 0 Å². The van der Waals surface area contributed by atoms with Crippen LogP contribution >= 0.6 is 23.4 Å². The number of halogens is 1. The van der Waals surface area contributed by atoms with Crippen LogP contribution in [0.25, 0.3) is 0 Å². The maximum absolute atomic E-state index is 6.23. The third kappa shape index (κ3) is 3.16. The average Bonchev–Trinajstić information content (AvgIpc) is 2.70. The topological polar surface area (TPSA) is 35.2 Å². The summed E-state index contributed by atoms with van der Waals surface area (Å²) >= 11 is 8.10. The predicted octanol–water partition coefficient (Wildman–Crippen LogP) is 3.11. The summed E-state index contributed by atoms with van der Waals surface area (Å²) < 4.78 is 5.59. The maximum atomic E-state index is 6.23. The van der Waals surface area contributed by atoms with Crippen molar-refractivity contribution in [3.8, 4) is 0 Å². The molecule has 4 heteroatoms. The summed E-state index contributed by atoms with van der Waals surface area (Å²) in [6, 6.07) is 6.07. The van der Waals surface area contributed by atoms with Gasteiger partial charge in [-0.25, -0.2) is 0 Å². The lowest BCUT2D eigenvalue weighted by atomic mass is 10.1. The number of nitrogens with two attached hydrogens (primary N) is 1. The van der Waals surface area contributed by atoms with Gasteiger partial charge in [-0.1, -0.05) is 17.7 Å². The molecule has 1 aliphatic rings. The first-order valence-electron chi connectivity index (χ1n) is 5.98. The Morgan fingerprint density at radius 2 is 2.35 bits per heavy atom. The second-order valence-electron chi connectivity index (χ2n) is 4.28. The Morgan fingerprint density at radius 3 is 3.00 bits per heavy atom. The summed E-state index contributed by atoms with van der Waals surface area (Å²) in [5, 5.41) is 1.36. The number of ether oxygens (including phenoxy) is 1. The van der Waals surface area contributed by atoms with Gasteiger partial charge < -0.3 is 10.5 Å². The molecule has 0 saturated carbocycles. The summed E-state index contributed by atoms with van der Waals surface area (Å²) in [5.41, 5.74) is 6.82. The zero-order chi connectivity index (χ0) is 12.3. The molecule has 2 nitrogen and oxygen atoms in total. The zero-order valence-corrected chi connectivity index (χ0v) is 11.6. The second kappa shape index (κ2) is 6.10. The van der Waals surface area contributed by atoms with E-state index < -0.39 is 0 Å². The molecule has 0 bridgehead atoms. The van der Waals surface area contributed by atoms with Crippen molar-refractivity contribution in [3.63, 3.8) is 0 Å². The van der Waals surface area contributed by atoms with E-state index in [0.717, 1.165) is 24.5 Å². The van der Waals surface area contributed by atoms with Crippen LogP contribution in [0, 0.1) is 0 Å². The minimum absolute atomic E-state index is 0.324. The van der Waals surface area contributed by atoms with Gasteiger partial charge in [-0.15, -0.1) is 11.8 Å². The third-order valence-corrected chi connectivity index (χ3v) is 4.97. The molecule has 0 radical (unpaired) electrons. The highest BCUT2D eigenvalue weighted by Crippen LogP contribution is 2.36. The number of thioether (sulfide) groups is 1. The van der Waals surface area contributed by atoms with Gasteiger partial charge in [-0.3, -0.25) is 0 Å². The van der Waals surface area contributed by atoms with Gasteiger partial charge in [0, 0.05) is 21.8 Å². The molecule has 2 rings (SSSR count). The summed E-state index contributed by atoms with van der Waals surface area (Å²) in [5.74, 6) is 0. The van der Waals surface area contributed by atoms with Crippen LogP contribution in [0.2, 0.25) is 5.02 Å². The van der Waals surface area contributed by atoms with Gasteiger partial charge >= 0.3 is 0 Å². The first-order chi connectivity index (χ1) is 8.22. The minimum atomic E-state index is 0.324. The molecule has 0 spiro atoms. The molecule has 1 aromatic rings. The van der Waals surface area contributed by atoms with Crippen molar-refractivity contribution < 1.29 is 4.74 Å². The van der Waals surface area contributed by atoms with Crippen LogP contribution < -0.4 is 5.73 Å². The van der Waals surface area contributed by atoms with Crippen LogP contribution in [-0.2, 0) is 11.2 Å². The summed E-state index contributed by atoms with van der Waals surface area (Å²) in [6.45, 7) is 3.64. The standard InChI is InChI=1S/C13H18ClNOS/c1-9-12(6-8-16-9)17-13-4-2-3-11(14)10(13)5-7-15/h2-4,9,12H,5-8,15H2,1H3. The number of hydrogen-bond donors (Lipinski definition) is 1. The molecule has 1 aliphatic heterocycles. The first-order valence-corrected chi connectivity index (χ1v) is 7.24. The largest absolute Gasteiger partial charge is 0.377 e. The Balaban J connectivity index is 2.16. The van der Waals surface area contributed by atoms with Crippen molar-refractivity contribution in [2.24, 2.45) is 5.73 Å². The van der Waals surface area contributed by atoms with Crippen molar-refractivity contribution in [1.29, 1.82) is 0 Å². The molecule has 1 saturated heterocycles. The van der Waals surface area contributed by atoms with Gasteiger partial charge in [0.05, 0.1) is 6.10 Å². The molecule has 2 atom stereocenters. The molecule has 0 aromatic heterocycles. The average molecular weight is 272 g/mol. The Bertz CT molecular complexity index is 386.